The maximum Gasteiger partial charge on any atom is 0.145 e. The fourth-order valence-corrected chi connectivity index (χ4v) is 2.55. The molecule has 110 valence electrons. The first kappa shape index (κ1) is 13.6. The molecule has 0 aromatic heterocycles. The van der Waals surface area contributed by atoms with Crippen LogP contribution in [0.4, 0.5) is 5.69 Å². The van der Waals surface area contributed by atoms with E-state index >= 15 is 0 Å². The maximum absolute atomic E-state index is 5.95. The van der Waals surface area contributed by atoms with Gasteiger partial charge in [-0.05, 0) is 24.6 Å². The number of nitrogen functional groups attached to an aromatic ring is 1. The summed E-state index contributed by atoms with van der Waals surface area (Å²) in [5.41, 5.74) is 7.77. The van der Waals surface area contributed by atoms with Crippen molar-refractivity contribution in [2.24, 2.45) is 0 Å². The normalized spacial score (nSPS) is 16.7. The van der Waals surface area contributed by atoms with Crippen molar-refractivity contribution in [1.82, 2.24) is 0 Å². The molecule has 0 radical (unpaired) electrons. The molecule has 0 fully saturated rings. The van der Waals surface area contributed by atoms with E-state index in [1.54, 1.807) is 13.2 Å². The minimum atomic E-state index is 0.320. The predicted octanol–water partition coefficient (Wildman–Crippen LogP) is 3.22. The molecule has 0 saturated carbocycles. The lowest BCUT2D eigenvalue weighted by molar-refractivity contribution is 0.217. The van der Waals surface area contributed by atoms with Crippen LogP contribution in [0.25, 0.3) is 0 Å². The first-order chi connectivity index (χ1) is 10.3. The Morgan fingerprint density at radius 3 is 2.95 bits per heavy atom. The fraction of sp³-hybridized carbons (Fsp3) is 0.294. The van der Waals surface area contributed by atoms with Gasteiger partial charge in [0, 0.05) is 17.5 Å². The van der Waals surface area contributed by atoms with Gasteiger partial charge in [0.25, 0.3) is 0 Å². The van der Waals surface area contributed by atoms with Crippen molar-refractivity contribution in [3.63, 3.8) is 0 Å². The van der Waals surface area contributed by atoms with E-state index in [-0.39, 0.29) is 0 Å². The Labute approximate surface area is 124 Å². The van der Waals surface area contributed by atoms with Gasteiger partial charge in [0.15, 0.2) is 0 Å². The highest BCUT2D eigenvalue weighted by Crippen LogP contribution is 2.35. The van der Waals surface area contributed by atoms with Crippen LogP contribution in [0.1, 0.15) is 17.9 Å². The minimum absolute atomic E-state index is 0.320. The van der Waals surface area contributed by atoms with E-state index in [2.05, 4.69) is 6.07 Å². The molecule has 4 heteroatoms. The van der Waals surface area contributed by atoms with Gasteiger partial charge >= 0.3 is 0 Å². The first-order valence-corrected chi connectivity index (χ1v) is 7.06. The third-order valence-corrected chi connectivity index (χ3v) is 3.74. The van der Waals surface area contributed by atoms with Gasteiger partial charge in [-0.3, -0.25) is 0 Å². The number of methoxy groups -OCH3 is 1. The van der Waals surface area contributed by atoms with E-state index in [0.29, 0.717) is 24.0 Å². The molecule has 1 aliphatic rings. The van der Waals surface area contributed by atoms with Crippen LogP contribution >= 0.6 is 0 Å². The highest BCUT2D eigenvalue weighted by Gasteiger charge is 2.21. The lowest BCUT2D eigenvalue weighted by Gasteiger charge is -2.26. The molecular weight excluding hydrogens is 266 g/mol. The van der Waals surface area contributed by atoms with Crippen LogP contribution in [0.3, 0.4) is 0 Å². The van der Waals surface area contributed by atoms with Crippen LogP contribution in [0.15, 0.2) is 42.5 Å². The number of para-hydroxylation sites is 1. The molecule has 2 aromatic carbocycles. The van der Waals surface area contributed by atoms with E-state index in [1.807, 2.05) is 30.3 Å². The Kier molecular flexibility index (Phi) is 3.86. The molecule has 0 saturated heterocycles. The van der Waals surface area contributed by atoms with Crippen molar-refractivity contribution >= 4 is 5.69 Å². The van der Waals surface area contributed by atoms with E-state index in [0.717, 1.165) is 24.5 Å². The second-order valence-corrected chi connectivity index (χ2v) is 5.09. The van der Waals surface area contributed by atoms with Crippen molar-refractivity contribution in [3.05, 3.63) is 48.0 Å². The zero-order chi connectivity index (χ0) is 14.7. The number of fused-ring (bicyclic) bond motifs is 1. The molecule has 0 aliphatic carbocycles. The molecule has 0 bridgehead atoms. The smallest absolute Gasteiger partial charge is 0.145 e. The second kappa shape index (κ2) is 5.95. The van der Waals surface area contributed by atoms with Gasteiger partial charge in [0.05, 0.1) is 26.0 Å². The van der Waals surface area contributed by atoms with Crippen molar-refractivity contribution in [2.45, 2.75) is 12.3 Å². The zero-order valence-corrected chi connectivity index (χ0v) is 12.0. The van der Waals surface area contributed by atoms with Crippen molar-refractivity contribution in [2.75, 3.05) is 26.1 Å². The topological polar surface area (TPSA) is 53.7 Å². The largest absolute Gasteiger partial charge is 0.497 e. The second-order valence-electron chi connectivity index (χ2n) is 5.09. The summed E-state index contributed by atoms with van der Waals surface area (Å²) < 4.78 is 16.8. The van der Waals surface area contributed by atoms with Crippen LogP contribution in [0.5, 0.6) is 17.2 Å². The molecule has 4 nitrogen and oxygen atoms in total. The molecule has 0 amide bonds. The quantitative estimate of drug-likeness (QED) is 0.876. The van der Waals surface area contributed by atoms with E-state index in [9.17, 15) is 0 Å². The molecular formula is C17H19NO3. The monoisotopic (exact) mass is 285 g/mol. The van der Waals surface area contributed by atoms with Gasteiger partial charge in [0.1, 0.15) is 17.2 Å². The summed E-state index contributed by atoms with van der Waals surface area (Å²) in [4.78, 5) is 0. The molecule has 2 N–H and O–H groups in total. The van der Waals surface area contributed by atoms with Gasteiger partial charge in [0.2, 0.25) is 0 Å². The average Bonchev–Trinajstić information content (AvgIpc) is 2.54. The minimum Gasteiger partial charge on any atom is -0.497 e. The summed E-state index contributed by atoms with van der Waals surface area (Å²) in [6, 6.07) is 13.6. The van der Waals surface area contributed by atoms with Gasteiger partial charge in [-0.1, -0.05) is 18.2 Å². The molecule has 21 heavy (non-hydrogen) atoms. The lowest BCUT2D eigenvalue weighted by Crippen LogP contribution is -2.19. The Balaban J connectivity index is 1.74. The molecule has 1 heterocycles. The lowest BCUT2D eigenvalue weighted by atomic mass is 9.94. The number of hydrogen-bond donors (Lipinski definition) is 1. The number of rotatable bonds is 4. The van der Waals surface area contributed by atoms with E-state index < -0.39 is 0 Å². The van der Waals surface area contributed by atoms with Gasteiger partial charge in [-0.25, -0.2) is 0 Å². The standard InChI is InChI=1S/C17H19NO3/c1-19-13-6-7-15(18)17(10-13)21-11-12-8-9-20-16-5-3-2-4-14(12)16/h2-7,10,12H,8-9,11,18H2,1H3. The van der Waals surface area contributed by atoms with Crippen LogP contribution in [0, 0.1) is 0 Å². The van der Waals surface area contributed by atoms with Crippen LogP contribution in [-0.2, 0) is 0 Å². The molecule has 0 spiro atoms. The van der Waals surface area contributed by atoms with E-state index in [4.69, 9.17) is 19.9 Å². The Morgan fingerprint density at radius 1 is 1.24 bits per heavy atom. The van der Waals surface area contributed by atoms with Crippen LogP contribution in [0.2, 0.25) is 0 Å². The van der Waals surface area contributed by atoms with Crippen molar-refractivity contribution in [1.29, 1.82) is 0 Å². The number of hydrogen-bond acceptors (Lipinski definition) is 4. The maximum atomic E-state index is 5.95. The number of benzene rings is 2. The Hall–Kier alpha value is -2.36. The fourth-order valence-electron chi connectivity index (χ4n) is 2.55. The van der Waals surface area contributed by atoms with Gasteiger partial charge < -0.3 is 19.9 Å². The van der Waals surface area contributed by atoms with Gasteiger partial charge in [-0.15, -0.1) is 0 Å². The molecule has 1 unspecified atom stereocenters. The summed E-state index contributed by atoms with van der Waals surface area (Å²) in [5, 5.41) is 0. The Morgan fingerprint density at radius 2 is 2.10 bits per heavy atom. The van der Waals surface area contributed by atoms with Crippen molar-refractivity contribution in [3.8, 4) is 17.2 Å². The Bertz CT molecular complexity index is 627. The first-order valence-electron chi connectivity index (χ1n) is 7.06. The summed E-state index contributed by atoms with van der Waals surface area (Å²) in [6.45, 7) is 1.30. The predicted molar refractivity (Wildman–Crippen MR) is 82.2 cm³/mol. The molecule has 1 atom stereocenters. The van der Waals surface area contributed by atoms with Gasteiger partial charge in [-0.2, -0.15) is 0 Å². The summed E-state index contributed by atoms with van der Waals surface area (Å²) in [5.74, 6) is 2.68. The van der Waals surface area contributed by atoms with Crippen LogP contribution < -0.4 is 19.9 Å². The summed E-state index contributed by atoms with van der Waals surface area (Å²) in [6.07, 6.45) is 0.945. The number of nitrogens with two attached hydrogens (primary N) is 1. The van der Waals surface area contributed by atoms with Crippen molar-refractivity contribution < 1.29 is 14.2 Å². The number of ether oxygens (including phenoxy) is 3. The molecule has 2 aromatic rings. The third kappa shape index (κ3) is 2.89. The number of anilines is 1. The highest BCUT2D eigenvalue weighted by atomic mass is 16.5. The summed E-state index contributed by atoms with van der Waals surface area (Å²) in [7, 11) is 1.63. The summed E-state index contributed by atoms with van der Waals surface area (Å²) >= 11 is 0. The molecule has 1 aliphatic heterocycles. The van der Waals surface area contributed by atoms with Crippen LogP contribution in [-0.4, -0.2) is 20.3 Å². The highest BCUT2D eigenvalue weighted by molar-refractivity contribution is 5.55. The molecule has 3 rings (SSSR count). The third-order valence-electron chi connectivity index (χ3n) is 3.74. The average molecular weight is 285 g/mol. The SMILES string of the molecule is COc1ccc(N)c(OCC2CCOc3ccccc32)c1. The zero-order valence-electron chi connectivity index (χ0n) is 12.0. The van der Waals surface area contributed by atoms with E-state index in [1.165, 1.54) is 5.56 Å².